The number of hydrogen-bond donors (Lipinski definition) is 0. The van der Waals surface area contributed by atoms with Crippen LogP contribution in [0.1, 0.15) is 18.1 Å². The van der Waals surface area contributed by atoms with E-state index < -0.39 is 0 Å². The van der Waals surface area contributed by atoms with Crippen LogP contribution in [0.15, 0.2) is 30.6 Å². The van der Waals surface area contributed by atoms with Crippen molar-refractivity contribution in [2.45, 2.75) is 12.3 Å². The number of rotatable bonds is 3. The fraction of sp³-hybridized carbons (Fsp3) is 0.214. The summed E-state index contributed by atoms with van der Waals surface area (Å²) in [6.07, 6.45) is 1.47. The van der Waals surface area contributed by atoms with Crippen molar-refractivity contribution in [1.82, 2.24) is 19.5 Å². The third-order valence-electron chi connectivity index (χ3n) is 3.08. The molecular formula is C14H12ClIN4O. The molecule has 0 aliphatic heterocycles. The lowest BCUT2D eigenvalue weighted by atomic mass is 10.3. The van der Waals surface area contributed by atoms with Gasteiger partial charge in [-0.25, -0.2) is 9.97 Å². The monoisotopic (exact) mass is 414 g/mol. The molecule has 2 heterocycles. The zero-order valence-corrected chi connectivity index (χ0v) is 14.3. The molecular weight excluding hydrogens is 403 g/mol. The van der Waals surface area contributed by atoms with E-state index in [1.54, 1.807) is 7.11 Å². The summed E-state index contributed by atoms with van der Waals surface area (Å²) in [6, 6.07) is 8.01. The zero-order valence-electron chi connectivity index (χ0n) is 11.4. The second-order valence-electron chi connectivity index (χ2n) is 4.43. The van der Waals surface area contributed by atoms with Gasteiger partial charge in [0.1, 0.15) is 12.2 Å². The summed E-state index contributed by atoms with van der Waals surface area (Å²) in [5.41, 5.74) is 2.29. The Balaban J connectivity index is 2.40. The molecule has 3 aromatic rings. The Morgan fingerprint density at radius 1 is 1.29 bits per heavy atom. The standard InChI is InChI=1S/C14H12ClIN4O/c1-8(15)12-19-11-13(17-7-18-14(11)21-2)20(12)10-6-4-3-5-9(10)16/h3-8H,1-2H3. The molecule has 0 spiro atoms. The molecule has 2 aromatic heterocycles. The van der Waals surface area contributed by atoms with E-state index in [2.05, 4.69) is 37.5 Å². The van der Waals surface area contributed by atoms with Crippen molar-refractivity contribution in [3.8, 4) is 11.6 Å². The molecule has 0 radical (unpaired) electrons. The van der Waals surface area contributed by atoms with Crippen molar-refractivity contribution in [2.24, 2.45) is 0 Å². The lowest BCUT2D eigenvalue weighted by molar-refractivity contribution is 0.401. The van der Waals surface area contributed by atoms with E-state index >= 15 is 0 Å². The SMILES string of the molecule is COc1ncnc2c1nc(C(C)Cl)n2-c1ccccc1I. The molecule has 7 heteroatoms. The van der Waals surface area contributed by atoms with Crippen LogP contribution in [0.25, 0.3) is 16.9 Å². The van der Waals surface area contributed by atoms with Crippen LogP contribution in [0.5, 0.6) is 5.88 Å². The minimum Gasteiger partial charge on any atom is -0.479 e. The summed E-state index contributed by atoms with van der Waals surface area (Å²) >= 11 is 8.59. The van der Waals surface area contributed by atoms with Crippen LogP contribution in [0.2, 0.25) is 0 Å². The molecule has 3 rings (SSSR count). The van der Waals surface area contributed by atoms with E-state index in [0.717, 1.165) is 15.1 Å². The Morgan fingerprint density at radius 2 is 2.05 bits per heavy atom. The predicted molar refractivity (Wildman–Crippen MR) is 90.2 cm³/mol. The normalized spacial score (nSPS) is 12.6. The summed E-state index contributed by atoms with van der Waals surface area (Å²) in [5.74, 6) is 1.16. The summed E-state index contributed by atoms with van der Waals surface area (Å²) < 4.78 is 8.32. The first-order chi connectivity index (χ1) is 10.1. The summed E-state index contributed by atoms with van der Waals surface area (Å²) in [4.78, 5) is 13.0. The van der Waals surface area contributed by atoms with Crippen molar-refractivity contribution in [1.29, 1.82) is 0 Å². The Bertz CT molecular complexity index is 803. The van der Waals surface area contributed by atoms with Crippen LogP contribution < -0.4 is 4.74 Å². The minimum absolute atomic E-state index is 0.264. The van der Waals surface area contributed by atoms with Crippen LogP contribution in [-0.2, 0) is 0 Å². The van der Waals surface area contributed by atoms with E-state index in [9.17, 15) is 0 Å². The number of aromatic nitrogens is 4. The number of imidazole rings is 1. The van der Waals surface area contributed by atoms with Crippen molar-refractivity contribution >= 4 is 45.4 Å². The highest BCUT2D eigenvalue weighted by Crippen LogP contribution is 2.31. The molecule has 0 fully saturated rings. The zero-order chi connectivity index (χ0) is 15.0. The number of halogens is 2. The maximum atomic E-state index is 6.30. The van der Waals surface area contributed by atoms with Gasteiger partial charge in [-0.3, -0.25) is 4.57 Å². The van der Waals surface area contributed by atoms with Crippen LogP contribution in [-0.4, -0.2) is 26.6 Å². The topological polar surface area (TPSA) is 52.8 Å². The van der Waals surface area contributed by atoms with Crippen molar-refractivity contribution < 1.29 is 4.74 Å². The molecule has 0 saturated heterocycles. The Morgan fingerprint density at radius 3 is 2.71 bits per heavy atom. The van der Waals surface area contributed by atoms with Crippen molar-refractivity contribution in [3.63, 3.8) is 0 Å². The summed E-state index contributed by atoms with van der Waals surface area (Å²) in [7, 11) is 1.57. The molecule has 1 unspecified atom stereocenters. The Labute approximate surface area is 140 Å². The first-order valence-corrected chi connectivity index (χ1v) is 7.81. The number of benzene rings is 1. The van der Waals surface area contributed by atoms with Gasteiger partial charge in [0, 0.05) is 3.57 Å². The van der Waals surface area contributed by atoms with E-state index in [4.69, 9.17) is 16.3 Å². The highest BCUT2D eigenvalue weighted by Gasteiger charge is 2.21. The molecule has 0 saturated carbocycles. The van der Waals surface area contributed by atoms with Gasteiger partial charge in [-0.05, 0) is 41.6 Å². The third-order valence-corrected chi connectivity index (χ3v) is 4.19. The van der Waals surface area contributed by atoms with Crippen molar-refractivity contribution in [2.75, 3.05) is 7.11 Å². The van der Waals surface area contributed by atoms with Gasteiger partial charge < -0.3 is 4.74 Å². The van der Waals surface area contributed by atoms with E-state index in [0.29, 0.717) is 17.0 Å². The highest BCUT2D eigenvalue weighted by atomic mass is 127. The van der Waals surface area contributed by atoms with E-state index in [1.165, 1.54) is 6.33 Å². The van der Waals surface area contributed by atoms with Crippen LogP contribution >= 0.6 is 34.2 Å². The molecule has 0 aliphatic rings. The smallest absolute Gasteiger partial charge is 0.245 e. The maximum absolute atomic E-state index is 6.30. The largest absolute Gasteiger partial charge is 0.479 e. The first-order valence-electron chi connectivity index (χ1n) is 6.29. The molecule has 108 valence electrons. The van der Waals surface area contributed by atoms with E-state index in [-0.39, 0.29) is 5.38 Å². The average Bonchev–Trinajstić information content (AvgIpc) is 2.87. The van der Waals surface area contributed by atoms with Crippen molar-refractivity contribution in [3.05, 3.63) is 40.0 Å². The number of alkyl halides is 1. The summed E-state index contributed by atoms with van der Waals surface area (Å²) in [5, 5.41) is -0.264. The molecule has 0 N–H and O–H groups in total. The van der Waals surface area contributed by atoms with Gasteiger partial charge in [0.2, 0.25) is 5.88 Å². The second kappa shape index (κ2) is 5.76. The summed E-state index contributed by atoms with van der Waals surface area (Å²) in [6.45, 7) is 1.88. The van der Waals surface area contributed by atoms with Crippen LogP contribution in [0.4, 0.5) is 0 Å². The maximum Gasteiger partial charge on any atom is 0.245 e. The molecule has 21 heavy (non-hydrogen) atoms. The Kier molecular flexibility index (Phi) is 3.99. The fourth-order valence-corrected chi connectivity index (χ4v) is 2.95. The molecule has 0 bridgehead atoms. The second-order valence-corrected chi connectivity index (χ2v) is 6.24. The molecule has 0 amide bonds. The number of para-hydroxylation sites is 1. The van der Waals surface area contributed by atoms with E-state index in [1.807, 2.05) is 35.8 Å². The van der Waals surface area contributed by atoms with Gasteiger partial charge in [0.05, 0.1) is 18.2 Å². The molecule has 0 aliphatic carbocycles. The minimum atomic E-state index is -0.264. The molecule has 1 atom stereocenters. The van der Waals surface area contributed by atoms with Gasteiger partial charge in [-0.1, -0.05) is 12.1 Å². The fourth-order valence-electron chi connectivity index (χ4n) is 2.18. The van der Waals surface area contributed by atoms with Crippen LogP contribution in [0, 0.1) is 3.57 Å². The molecule has 1 aromatic carbocycles. The van der Waals surface area contributed by atoms with Gasteiger partial charge in [0.25, 0.3) is 0 Å². The van der Waals surface area contributed by atoms with Gasteiger partial charge in [0.15, 0.2) is 11.2 Å². The highest BCUT2D eigenvalue weighted by molar-refractivity contribution is 14.1. The number of fused-ring (bicyclic) bond motifs is 1. The van der Waals surface area contributed by atoms with Gasteiger partial charge in [-0.2, -0.15) is 4.98 Å². The van der Waals surface area contributed by atoms with Crippen LogP contribution in [0.3, 0.4) is 0 Å². The number of hydrogen-bond acceptors (Lipinski definition) is 4. The lowest BCUT2D eigenvalue weighted by Crippen LogP contribution is -2.04. The number of nitrogens with zero attached hydrogens (tertiary/aromatic N) is 4. The number of methoxy groups -OCH3 is 1. The van der Waals surface area contributed by atoms with Gasteiger partial charge in [-0.15, -0.1) is 11.6 Å². The average molecular weight is 415 g/mol. The predicted octanol–water partition coefficient (Wildman–Crippen LogP) is 3.73. The molecule has 5 nitrogen and oxygen atoms in total. The van der Waals surface area contributed by atoms with Gasteiger partial charge >= 0.3 is 0 Å². The quantitative estimate of drug-likeness (QED) is 0.484. The lowest BCUT2D eigenvalue weighted by Gasteiger charge is -2.11. The third kappa shape index (κ3) is 2.46. The first kappa shape index (κ1) is 14.5. The number of ether oxygens (including phenoxy) is 1. The Hall–Kier alpha value is -1.41.